The Labute approximate surface area is 90.8 Å². The standard InChI is InChI=1S/C11H20N2O2/c1-15-8-10(14)13-9-2-3-11(9)4-6-12-7-5-11/h9,12H,2-8H2,1H3,(H,13,14)/t9-/m1/s1. The van der Waals surface area contributed by atoms with Crippen molar-refractivity contribution in [1.82, 2.24) is 10.6 Å². The summed E-state index contributed by atoms with van der Waals surface area (Å²) < 4.78 is 4.82. The van der Waals surface area contributed by atoms with Gasteiger partial charge < -0.3 is 15.4 Å². The molecule has 2 fully saturated rings. The number of ether oxygens (including phenoxy) is 1. The van der Waals surface area contributed by atoms with Crippen LogP contribution < -0.4 is 10.6 Å². The minimum atomic E-state index is 0.0279. The Balaban J connectivity index is 1.85. The molecule has 1 amide bonds. The van der Waals surface area contributed by atoms with Crippen molar-refractivity contribution >= 4 is 5.91 Å². The number of piperidine rings is 1. The topological polar surface area (TPSA) is 50.4 Å². The van der Waals surface area contributed by atoms with Crippen molar-refractivity contribution in [1.29, 1.82) is 0 Å². The molecule has 1 saturated carbocycles. The molecule has 15 heavy (non-hydrogen) atoms. The fourth-order valence-electron chi connectivity index (χ4n) is 2.81. The molecule has 2 N–H and O–H groups in total. The van der Waals surface area contributed by atoms with Crippen LogP contribution in [0.3, 0.4) is 0 Å². The van der Waals surface area contributed by atoms with Gasteiger partial charge in [-0.25, -0.2) is 0 Å². The van der Waals surface area contributed by atoms with Crippen molar-refractivity contribution in [3.05, 3.63) is 0 Å². The van der Waals surface area contributed by atoms with E-state index in [0.29, 0.717) is 11.5 Å². The Kier molecular flexibility index (Phi) is 3.26. The lowest BCUT2D eigenvalue weighted by molar-refractivity contribution is -0.128. The summed E-state index contributed by atoms with van der Waals surface area (Å²) in [6.45, 7) is 2.37. The molecule has 2 aliphatic rings. The van der Waals surface area contributed by atoms with Gasteiger partial charge in [-0.1, -0.05) is 0 Å². The third-order valence-corrected chi connectivity index (χ3v) is 3.88. The van der Waals surface area contributed by atoms with Gasteiger partial charge in [0.1, 0.15) is 6.61 Å². The molecule has 0 aromatic rings. The second kappa shape index (κ2) is 4.49. The molecule has 4 heteroatoms. The van der Waals surface area contributed by atoms with Gasteiger partial charge in [0.05, 0.1) is 0 Å². The van der Waals surface area contributed by atoms with Gasteiger partial charge in [0, 0.05) is 13.2 Å². The molecule has 2 rings (SSSR count). The van der Waals surface area contributed by atoms with Gasteiger partial charge in [0.2, 0.25) is 5.91 Å². The molecule has 0 aromatic heterocycles. The van der Waals surface area contributed by atoms with Gasteiger partial charge in [-0.3, -0.25) is 4.79 Å². The zero-order valence-corrected chi connectivity index (χ0v) is 9.34. The Morgan fingerprint density at radius 1 is 1.47 bits per heavy atom. The predicted octanol–water partition coefficient (Wildman–Crippen LogP) is 0.281. The van der Waals surface area contributed by atoms with Gasteiger partial charge in [-0.15, -0.1) is 0 Å². The van der Waals surface area contributed by atoms with E-state index < -0.39 is 0 Å². The summed E-state index contributed by atoms with van der Waals surface area (Å²) in [6.07, 6.45) is 4.80. The number of methoxy groups -OCH3 is 1. The average molecular weight is 212 g/mol. The van der Waals surface area contributed by atoms with E-state index in [0.717, 1.165) is 19.5 Å². The van der Waals surface area contributed by atoms with Crippen LogP contribution >= 0.6 is 0 Å². The first kappa shape index (κ1) is 10.9. The smallest absolute Gasteiger partial charge is 0.246 e. The molecule has 86 valence electrons. The number of amides is 1. The normalized spacial score (nSPS) is 28.5. The number of carbonyl (C=O) groups is 1. The second-order valence-corrected chi connectivity index (χ2v) is 4.70. The Hall–Kier alpha value is -0.610. The highest BCUT2D eigenvalue weighted by Crippen LogP contribution is 2.47. The van der Waals surface area contributed by atoms with E-state index in [1.165, 1.54) is 19.3 Å². The third-order valence-electron chi connectivity index (χ3n) is 3.88. The summed E-state index contributed by atoms with van der Waals surface area (Å²) in [6, 6.07) is 0.391. The van der Waals surface area contributed by atoms with Gasteiger partial charge in [0.25, 0.3) is 0 Å². The summed E-state index contributed by atoms with van der Waals surface area (Å²) in [7, 11) is 1.56. The summed E-state index contributed by atoms with van der Waals surface area (Å²) >= 11 is 0. The fourth-order valence-corrected chi connectivity index (χ4v) is 2.81. The molecule has 0 unspecified atom stereocenters. The first-order valence-corrected chi connectivity index (χ1v) is 5.76. The van der Waals surface area contributed by atoms with Gasteiger partial charge in [-0.2, -0.15) is 0 Å². The molecule has 1 aliphatic heterocycles. The highest BCUT2D eigenvalue weighted by Gasteiger charge is 2.47. The SMILES string of the molecule is COCC(=O)N[C@@H]1CCC12CCNCC2. The van der Waals surface area contributed by atoms with Crippen molar-refractivity contribution in [2.75, 3.05) is 26.8 Å². The maximum atomic E-state index is 11.4. The van der Waals surface area contributed by atoms with Crippen LogP contribution in [0.1, 0.15) is 25.7 Å². The molecule has 1 spiro atoms. The maximum absolute atomic E-state index is 11.4. The number of rotatable bonds is 3. The van der Waals surface area contributed by atoms with Gasteiger partial charge in [-0.05, 0) is 44.2 Å². The first-order chi connectivity index (χ1) is 7.27. The molecule has 1 heterocycles. The van der Waals surface area contributed by atoms with E-state index in [9.17, 15) is 4.79 Å². The van der Waals surface area contributed by atoms with E-state index in [1.807, 2.05) is 0 Å². The van der Waals surface area contributed by atoms with Crippen molar-refractivity contribution in [3.8, 4) is 0 Å². The van der Waals surface area contributed by atoms with Crippen LogP contribution in [-0.4, -0.2) is 38.8 Å². The minimum absolute atomic E-state index is 0.0279. The average Bonchev–Trinajstić information content (AvgIpc) is 2.26. The van der Waals surface area contributed by atoms with Crippen LogP contribution in [0.25, 0.3) is 0 Å². The highest BCUT2D eigenvalue weighted by molar-refractivity contribution is 5.77. The molecule has 0 radical (unpaired) electrons. The number of hydrogen-bond acceptors (Lipinski definition) is 3. The lowest BCUT2D eigenvalue weighted by Gasteiger charge is -2.52. The molecule has 0 aromatic carbocycles. The number of nitrogens with one attached hydrogen (secondary N) is 2. The van der Waals surface area contributed by atoms with Crippen LogP contribution in [0, 0.1) is 5.41 Å². The van der Waals surface area contributed by atoms with Gasteiger partial charge >= 0.3 is 0 Å². The minimum Gasteiger partial charge on any atom is -0.375 e. The second-order valence-electron chi connectivity index (χ2n) is 4.70. The van der Waals surface area contributed by atoms with Crippen LogP contribution in [0.4, 0.5) is 0 Å². The van der Waals surface area contributed by atoms with Crippen molar-refractivity contribution in [3.63, 3.8) is 0 Å². The molecule has 1 aliphatic carbocycles. The predicted molar refractivity (Wildman–Crippen MR) is 57.6 cm³/mol. The number of hydrogen-bond donors (Lipinski definition) is 2. The van der Waals surface area contributed by atoms with E-state index >= 15 is 0 Å². The monoisotopic (exact) mass is 212 g/mol. The van der Waals surface area contributed by atoms with Crippen molar-refractivity contribution in [2.24, 2.45) is 5.41 Å². The van der Waals surface area contributed by atoms with Gasteiger partial charge in [0.15, 0.2) is 0 Å². The van der Waals surface area contributed by atoms with E-state index in [2.05, 4.69) is 10.6 Å². The zero-order chi connectivity index (χ0) is 10.7. The van der Waals surface area contributed by atoms with E-state index in [-0.39, 0.29) is 12.5 Å². The Morgan fingerprint density at radius 2 is 2.20 bits per heavy atom. The molecule has 1 saturated heterocycles. The lowest BCUT2D eigenvalue weighted by atomic mass is 9.59. The van der Waals surface area contributed by atoms with Crippen LogP contribution in [-0.2, 0) is 9.53 Å². The molecule has 1 atom stereocenters. The molecule has 0 bridgehead atoms. The van der Waals surface area contributed by atoms with E-state index in [4.69, 9.17) is 4.74 Å². The van der Waals surface area contributed by atoms with Crippen molar-refractivity contribution in [2.45, 2.75) is 31.7 Å². The first-order valence-electron chi connectivity index (χ1n) is 5.76. The molecular weight excluding hydrogens is 192 g/mol. The molecule has 4 nitrogen and oxygen atoms in total. The van der Waals surface area contributed by atoms with Crippen LogP contribution in [0.2, 0.25) is 0 Å². The quantitative estimate of drug-likeness (QED) is 0.706. The lowest BCUT2D eigenvalue weighted by Crippen LogP contribution is -2.59. The van der Waals surface area contributed by atoms with E-state index in [1.54, 1.807) is 7.11 Å². The third kappa shape index (κ3) is 2.16. The fraction of sp³-hybridized carbons (Fsp3) is 0.909. The Bertz CT molecular complexity index is 237. The summed E-state index contributed by atoms with van der Waals surface area (Å²) in [5.41, 5.74) is 0.397. The number of carbonyl (C=O) groups excluding carboxylic acids is 1. The maximum Gasteiger partial charge on any atom is 0.246 e. The summed E-state index contributed by atoms with van der Waals surface area (Å²) in [4.78, 5) is 11.4. The van der Waals surface area contributed by atoms with Crippen LogP contribution in [0.15, 0.2) is 0 Å². The van der Waals surface area contributed by atoms with Crippen LogP contribution in [0.5, 0.6) is 0 Å². The summed E-state index contributed by atoms with van der Waals surface area (Å²) in [5, 5.41) is 6.46. The summed E-state index contributed by atoms with van der Waals surface area (Å²) in [5.74, 6) is 0.0279. The zero-order valence-electron chi connectivity index (χ0n) is 9.34. The highest BCUT2D eigenvalue weighted by atomic mass is 16.5. The van der Waals surface area contributed by atoms with Crippen molar-refractivity contribution < 1.29 is 9.53 Å². The largest absolute Gasteiger partial charge is 0.375 e. The Morgan fingerprint density at radius 3 is 2.73 bits per heavy atom. The molecular formula is C11H20N2O2.